The molecule has 0 saturated carbocycles. The van der Waals surface area contributed by atoms with Gasteiger partial charge in [0, 0.05) is 31.2 Å². The lowest BCUT2D eigenvalue weighted by Crippen LogP contribution is -2.38. The highest BCUT2D eigenvalue weighted by molar-refractivity contribution is 5.78. The van der Waals surface area contributed by atoms with Gasteiger partial charge >= 0.3 is 0 Å². The molecule has 0 N–H and O–H groups in total. The molecule has 3 aromatic rings. The molecule has 1 atom stereocenters. The highest BCUT2D eigenvalue weighted by Crippen LogP contribution is 2.21. The number of morpholine rings is 1. The van der Waals surface area contributed by atoms with E-state index in [0.717, 1.165) is 43.1 Å². The van der Waals surface area contributed by atoms with Crippen molar-refractivity contribution >= 4 is 10.9 Å². The van der Waals surface area contributed by atoms with E-state index >= 15 is 0 Å². The van der Waals surface area contributed by atoms with Crippen LogP contribution in [0.5, 0.6) is 0 Å². The SMILES string of the molecule is c1ccc([C@H]2CN(Cc3ccc4ccccc4n3)CCO2)nc1. The largest absolute Gasteiger partial charge is 0.369 e. The van der Waals surface area contributed by atoms with Gasteiger partial charge in [0.25, 0.3) is 0 Å². The lowest BCUT2D eigenvalue weighted by Gasteiger charge is -2.32. The fourth-order valence-electron chi connectivity index (χ4n) is 3.02. The van der Waals surface area contributed by atoms with Crippen LogP contribution in [0.4, 0.5) is 0 Å². The second kappa shape index (κ2) is 6.44. The Hall–Kier alpha value is -2.30. The number of hydrogen-bond acceptors (Lipinski definition) is 4. The van der Waals surface area contributed by atoms with Crippen LogP contribution in [0, 0.1) is 0 Å². The van der Waals surface area contributed by atoms with Gasteiger partial charge in [-0.05, 0) is 24.3 Å². The Bertz CT molecular complexity index is 791. The van der Waals surface area contributed by atoms with Crippen LogP contribution in [0.3, 0.4) is 0 Å². The summed E-state index contributed by atoms with van der Waals surface area (Å²) in [6, 6.07) is 18.5. The Morgan fingerprint density at radius 1 is 1.04 bits per heavy atom. The summed E-state index contributed by atoms with van der Waals surface area (Å²) in [5.74, 6) is 0. The molecule has 1 aromatic carbocycles. The molecule has 1 saturated heterocycles. The number of benzene rings is 1. The third-order valence-corrected chi connectivity index (χ3v) is 4.21. The quantitative estimate of drug-likeness (QED) is 0.745. The average molecular weight is 305 g/mol. The van der Waals surface area contributed by atoms with E-state index in [4.69, 9.17) is 9.72 Å². The standard InChI is InChI=1S/C19H19N3O/c1-2-6-17-15(5-1)8-9-16(21-17)13-22-11-12-23-19(14-22)18-7-3-4-10-20-18/h1-10,19H,11-14H2/t19-/m1/s1. The fraction of sp³-hybridized carbons (Fsp3) is 0.263. The average Bonchev–Trinajstić information content (AvgIpc) is 2.63. The molecule has 0 bridgehead atoms. The molecular weight excluding hydrogens is 286 g/mol. The molecule has 116 valence electrons. The second-order valence-electron chi connectivity index (χ2n) is 5.84. The summed E-state index contributed by atoms with van der Waals surface area (Å²) in [6.45, 7) is 3.36. The van der Waals surface area contributed by atoms with E-state index in [-0.39, 0.29) is 6.10 Å². The van der Waals surface area contributed by atoms with E-state index in [9.17, 15) is 0 Å². The van der Waals surface area contributed by atoms with Crippen molar-refractivity contribution in [3.63, 3.8) is 0 Å². The molecule has 0 radical (unpaired) electrons. The lowest BCUT2D eigenvalue weighted by molar-refractivity contribution is -0.0353. The number of para-hydroxylation sites is 1. The summed E-state index contributed by atoms with van der Waals surface area (Å²) in [5, 5.41) is 1.18. The minimum Gasteiger partial charge on any atom is -0.369 e. The summed E-state index contributed by atoms with van der Waals surface area (Å²) >= 11 is 0. The van der Waals surface area contributed by atoms with Crippen LogP contribution in [0.1, 0.15) is 17.5 Å². The van der Waals surface area contributed by atoms with E-state index < -0.39 is 0 Å². The number of aromatic nitrogens is 2. The zero-order valence-corrected chi connectivity index (χ0v) is 12.9. The van der Waals surface area contributed by atoms with Gasteiger partial charge in [-0.1, -0.05) is 30.3 Å². The van der Waals surface area contributed by atoms with Gasteiger partial charge < -0.3 is 4.74 Å². The maximum atomic E-state index is 5.88. The van der Waals surface area contributed by atoms with Gasteiger partial charge in [0.05, 0.1) is 23.5 Å². The van der Waals surface area contributed by atoms with Gasteiger partial charge in [-0.2, -0.15) is 0 Å². The molecule has 4 heteroatoms. The lowest BCUT2D eigenvalue weighted by atomic mass is 10.1. The van der Waals surface area contributed by atoms with Crippen LogP contribution < -0.4 is 0 Å². The van der Waals surface area contributed by atoms with Crippen molar-refractivity contribution in [1.29, 1.82) is 0 Å². The van der Waals surface area contributed by atoms with Crippen LogP contribution in [-0.2, 0) is 11.3 Å². The van der Waals surface area contributed by atoms with Gasteiger partial charge in [-0.25, -0.2) is 0 Å². The predicted octanol–water partition coefficient (Wildman–Crippen LogP) is 3.20. The maximum Gasteiger partial charge on any atom is 0.112 e. The van der Waals surface area contributed by atoms with Crippen LogP contribution >= 0.6 is 0 Å². The Morgan fingerprint density at radius 3 is 2.87 bits per heavy atom. The number of hydrogen-bond donors (Lipinski definition) is 0. The maximum absolute atomic E-state index is 5.88. The van der Waals surface area contributed by atoms with Crippen molar-refractivity contribution in [2.45, 2.75) is 12.6 Å². The molecule has 0 unspecified atom stereocenters. The summed E-state index contributed by atoms with van der Waals surface area (Å²) in [5.41, 5.74) is 3.16. The third kappa shape index (κ3) is 3.23. The number of rotatable bonds is 3. The molecule has 0 aliphatic carbocycles. The Kier molecular flexibility index (Phi) is 4.01. The van der Waals surface area contributed by atoms with Crippen molar-refractivity contribution in [1.82, 2.24) is 14.9 Å². The normalized spacial score (nSPS) is 19.0. The van der Waals surface area contributed by atoms with Gasteiger partial charge in [0.1, 0.15) is 6.10 Å². The fourth-order valence-corrected chi connectivity index (χ4v) is 3.02. The molecule has 1 aliphatic heterocycles. The first-order chi connectivity index (χ1) is 11.4. The van der Waals surface area contributed by atoms with E-state index in [1.807, 2.05) is 36.5 Å². The first-order valence-corrected chi connectivity index (χ1v) is 7.98. The van der Waals surface area contributed by atoms with E-state index in [2.05, 4.69) is 34.1 Å². The van der Waals surface area contributed by atoms with Crippen molar-refractivity contribution in [3.05, 3.63) is 72.2 Å². The van der Waals surface area contributed by atoms with Crippen LogP contribution in [0.15, 0.2) is 60.8 Å². The van der Waals surface area contributed by atoms with Crippen molar-refractivity contribution in [2.75, 3.05) is 19.7 Å². The minimum absolute atomic E-state index is 0.0467. The monoisotopic (exact) mass is 305 g/mol. The molecule has 0 amide bonds. The van der Waals surface area contributed by atoms with E-state index in [0.29, 0.717) is 0 Å². The molecular formula is C19H19N3O. The van der Waals surface area contributed by atoms with E-state index in [1.54, 1.807) is 0 Å². The van der Waals surface area contributed by atoms with Crippen molar-refractivity contribution in [2.24, 2.45) is 0 Å². The minimum atomic E-state index is 0.0467. The second-order valence-corrected chi connectivity index (χ2v) is 5.84. The molecule has 0 spiro atoms. The summed E-state index contributed by atoms with van der Waals surface area (Å²) in [7, 11) is 0. The third-order valence-electron chi connectivity index (χ3n) is 4.21. The number of ether oxygens (including phenoxy) is 1. The van der Waals surface area contributed by atoms with Gasteiger partial charge in [0.15, 0.2) is 0 Å². The molecule has 4 rings (SSSR count). The Balaban J connectivity index is 1.49. The smallest absolute Gasteiger partial charge is 0.112 e. The van der Waals surface area contributed by atoms with Crippen LogP contribution in [0.2, 0.25) is 0 Å². The first-order valence-electron chi connectivity index (χ1n) is 7.98. The molecule has 2 aromatic heterocycles. The van der Waals surface area contributed by atoms with Gasteiger partial charge in [0.2, 0.25) is 0 Å². The number of nitrogens with zero attached hydrogens (tertiary/aromatic N) is 3. The highest BCUT2D eigenvalue weighted by Gasteiger charge is 2.23. The van der Waals surface area contributed by atoms with Crippen molar-refractivity contribution in [3.8, 4) is 0 Å². The molecule has 23 heavy (non-hydrogen) atoms. The summed E-state index contributed by atoms with van der Waals surface area (Å²) in [4.78, 5) is 11.6. The molecule has 1 fully saturated rings. The van der Waals surface area contributed by atoms with Gasteiger partial charge in [-0.3, -0.25) is 14.9 Å². The van der Waals surface area contributed by atoms with Crippen LogP contribution in [-0.4, -0.2) is 34.6 Å². The number of fused-ring (bicyclic) bond motifs is 1. The molecule has 3 heterocycles. The molecule has 1 aliphatic rings. The highest BCUT2D eigenvalue weighted by atomic mass is 16.5. The number of pyridine rings is 2. The topological polar surface area (TPSA) is 38.2 Å². The Labute approximate surface area is 135 Å². The zero-order valence-electron chi connectivity index (χ0n) is 12.9. The predicted molar refractivity (Wildman–Crippen MR) is 90.0 cm³/mol. The first kappa shape index (κ1) is 14.3. The summed E-state index contributed by atoms with van der Waals surface area (Å²) < 4.78 is 5.88. The zero-order chi connectivity index (χ0) is 15.5. The summed E-state index contributed by atoms with van der Waals surface area (Å²) in [6.07, 6.45) is 1.87. The van der Waals surface area contributed by atoms with Crippen molar-refractivity contribution < 1.29 is 4.74 Å². The van der Waals surface area contributed by atoms with E-state index in [1.165, 1.54) is 5.39 Å². The van der Waals surface area contributed by atoms with Gasteiger partial charge in [-0.15, -0.1) is 0 Å². The van der Waals surface area contributed by atoms with Crippen LogP contribution in [0.25, 0.3) is 10.9 Å². The molecule has 4 nitrogen and oxygen atoms in total. The Morgan fingerprint density at radius 2 is 1.96 bits per heavy atom.